The summed E-state index contributed by atoms with van der Waals surface area (Å²) in [5.74, 6) is -0.187. The summed E-state index contributed by atoms with van der Waals surface area (Å²) in [6, 6.07) is 10.1. The summed E-state index contributed by atoms with van der Waals surface area (Å²) in [5, 5.41) is 38.4. The van der Waals surface area contributed by atoms with Crippen LogP contribution < -0.4 is 20.9 Å². The Morgan fingerprint density at radius 1 is 1.21 bits per heavy atom. The van der Waals surface area contributed by atoms with E-state index < -0.39 is 10.5 Å². The van der Waals surface area contributed by atoms with Gasteiger partial charge >= 0.3 is 0 Å². The summed E-state index contributed by atoms with van der Waals surface area (Å²) in [6.07, 6.45) is 0. The molecule has 0 amide bonds. The molecule has 0 heterocycles. The van der Waals surface area contributed by atoms with Crippen LogP contribution in [-0.4, -0.2) is 33.7 Å². The fourth-order valence-electron chi connectivity index (χ4n) is 2.24. The summed E-state index contributed by atoms with van der Waals surface area (Å²) in [5.41, 5.74) is 6.35. The monoisotopic (exact) mass is 408 g/mol. The van der Waals surface area contributed by atoms with Gasteiger partial charge in [0, 0.05) is 23.8 Å². The fourth-order valence-corrected chi connectivity index (χ4v) is 2.86. The average Bonchev–Trinajstić information content (AvgIpc) is 2.66. The average molecular weight is 408 g/mol. The van der Waals surface area contributed by atoms with Crippen LogP contribution in [0.3, 0.4) is 0 Å². The number of quaternary nitrogens is 2. The van der Waals surface area contributed by atoms with Gasteiger partial charge < -0.3 is 20.9 Å². The normalized spacial score (nSPS) is 13.8. The summed E-state index contributed by atoms with van der Waals surface area (Å²) < 4.78 is 5.25. The maximum Gasteiger partial charge on any atom is 0.206 e. The van der Waals surface area contributed by atoms with Crippen LogP contribution in [0.15, 0.2) is 47.5 Å². The number of aliphatic imine (C=N–C) groups is 1. The Morgan fingerprint density at radius 2 is 1.96 bits per heavy atom. The van der Waals surface area contributed by atoms with E-state index in [2.05, 4.69) is 4.99 Å². The third-order valence-corrected chi connectivity index (χ3v) is 4.31. The van der Waals surface area contributed by atoms with Gasteiger partial charge in [-0.25, -0.2) is 15.4 Å². The van der Waals surface area contributed by atoms with Crippen LogP contribution in [0.25, 0.3) is 0 Å². The largest absolute Gasteiger partial charge is 0.595 e. The first kappa shape index (κ1) is 21.8. The SMILES string of the molecule is CCOc1ccc(C(=O)CSC(N)=Nc2cccc([NH+]([O-])O)c2)cc1[NH+]([O-])O. The molecule has 0 aliphatic carbocycles. The number of rotatable bonds is 8. The molecule has 2 rings (SSSR count). The Labute approximate surface area is 164 Å². The predicted molar refractivity (Wildman–Crippen MR) is 104 cm³/mol. The van der Waals surface area contributed by atoms with Gasteiger partial charge in [-0.05, 0) is 25.1 Å². The highest BCUT2D eigenvalue weighted by Crippen LogP contribution is 2.23. The van der Waals surface area contributed by atoms with E-state index in [4.69, 9.17) is 15.7 Å². The molecule has 0 saturated heterocycles. The topological polar surface area (TPSA) is 160 Å². The number of ketones is 1. The summed E-state index contributed by atoms with van der Waals surface area (Å²) in [6.45, 7) is 2.04. The van der Waals surface area contributed by atoms with Gasteiger partial charge in [0.25, 0.3) is 0 Å². The Kier molecular flexibility index (Phi) is 7.90. The first-order valence-corrected chi connectivity index (χ1v) is 9.14. The van der Waals surface area contributed by atoms with Crippen molar-refractivity contribution in [1.29, 1.82) is 0 Å². The molecule has 6 N–H and O–H groups in total. The molecule has 150 valence electrons. The molecule has 2 unspecified atom stereocenters. The molecule has 0 radical (unpaired) electrons. The minimum atomic E-state index is -1.19. The van der Waals surface area contributed by atoms with Crippen molar-refractivity contribution in [2.45, 2.75) is 6.92 Å². The maximum atomic E-state index is 12.3. The molecule has 0 bridgehead atoms. The van der Waals surface area contributed by atoms with Crippen molar-refractivity contribution in [3.05, 3.63) is 58.4 Å². The highest BCUT2D eigenvalue weighted by atomic mass is 32.2. The van der Waals surface area contributed by atoms with Crippen molar-refractivity contribution in [1.82, 2.24) is 0 Å². The van der Waals surface area contributed by atoms with Gasteiger partial charge in [0.1, 0.15) is 0 Å². The second-order valence-electron chi connectivity index (χ2n) is 5.47. The van der Waals surface area contributed by atoms with Crippen LogP contribution in [0.2, 0.25) is 0 Å². The molecule has 0 saturated carbocycles. The lowest BCUT2D eigenvalue weighted by Gasteiger charge is -2.16. The number of thioether (sulfide) groups is 1. The highest BCUT2D eigenvalue weighted by molar-refractivity contribution is 8.14. The highest BCUT2D eigenvalue weighted by Gasteiger charge is 2.16. The Bertz CT molecular complexity index is 859. The smallest absolute Gasteiger partial charge is 0.206 e. The lowest BCUT2D eigenvalue weighted by molar-refractivity contribution is -0.991. The van der Waals surface area contributed by atoms with Gasteiger partial charge in [0.15, 0.2) is 22.4 Å². The molecule has 0 aliphatic rings. The number of hydrogen-bond donors (Lipinski definition) is 5. The van der Waals surface area contributed by atoms with E-state index in [0.29, 0.717) is 12.3 Å². The Balaban J connectivity index is 2.07. The molecule has 2 aromatic rings. The second kappa shape index (κ2) is 10.1. The van der Waals surface area contributed by atoms with E-state index in [1.54, 1.807) is 19.1 Å². The summed E-state index contributed by atoms with van der Waals surface area (Å²) in [7, 11) is 0. The quantitative estimate of drug-likeness (QED) is 0.182. The molecule has 11 heteroatoms. The fraction of sp³-hybridized carbons (Fsp3) is 0.176. The first-order chi connectivity index (χ1) is 13.3. The number of Topliss-reactive ketones (excluding diaryl/α,β-unsaturated/α-hetero) is 1. The van der Waals surface area contributed by atoms with Gasteiger partial charge in [-0.2, -0.15) is 10.5 Å². The standard InChI is InChI=1S/C17H20N4O6S/c1-2-27-16-7-6-11(8-14(16)21(25)26)15(22)10-28-17(18)19-12-4-3-5-13(9-12)20(23)24/h3-9,20-21,23,25H,2,10H2,1H3,(H2,18,19). The Morgan fingerprint density at radius 3 is 2.61 bits per heavy atom. The van der Waals surface area contributed by atoms with E-state index in [1.807, 2.05) is 0 Å². The van der Waals surface area contributed by atoms with Crippen LogP contribution in [0.1, 0.15) is 17.3 Å². The van der Waals surface area contributed by atoms with Crippen molar-refractivity contribution >= 4 is 39.8 Å². The van der Waals surface area contributed by atoms with Crippen LogP contribution >= 0.6 is 11.8 Å². The van der Waals surface area contributed by atoms with Crippen molar-refractivity contribution in [2.75, 3.05) is 12.4 Å². The van der Waals surface area contributed by atoms with E-state index >= 15 is 0 Å². The zero-order chi connectivity index (χ0) is 20.7. The number of nitrogens with two attached hydrogens (primary N) is 1. The molecule has 28 heavy (non-hydrogen) atoms. The number of benzene rings is 2. The van der Waals surface area contributed by atoms with Crippen molar-refractivity contribution < 1.29 is 30.4 Å². The molecule has 0 spiro atoms. The van der Waals surface area contributed by atoms with Gasteiger partial charge in [0.05, 0.1) is 18.0 Å². The van der Waals surface area contributed by atoms with Gasteiger partial charge in [-0.15, -0.1) is 0 Å². The number of amidine groups is 1. The number of carbonyl (C=O) groups is 1. The number of nitrogens with one attached hydrogen (secondary N) is 2. The molecular weight excluding hydrogens is 388 g/mol. The van der Waals surface area contributed by atoms with Crippen LogP contribution in [0.5, 0.6) is 5.75 Å². The summed E-state index contributed by atoms with van der Waals surface area (Å²) >= 11 is 0.969. The van der Waals surface area contributed by atoms with Crippen molar-refractivity contribution in [3.8, 4) is 5.75 Å². The maximum absolute atomic E-state index is 12.3. The molecule has 2 atom stereocenters. The second-order valence-corrected chi connectivity index (χ2v) is 6.46. The zero-order valence-electron chi connectivity index (χ0n) is 14.9. The molecule has 2 aromatic carbocycles. The molecular formula is C17H20N4O6S. The van der Waals surface area contributed by atoms with Crippen molar-refractivity contribution in [3.63, 3.8) is 0 Å². The van der Waals surface area contributed by atoms with Crippen LogP contribution in [0, 0.1) is 10.4 Å². The zero-order valence-corrected chi connectivity index (χ0v) is 15.7. The van der Waals surface area contributed by atoms with E-state index in [9.17, 15) is 20.4 Å². The molecule has 0 aliphatic heterocycles. The first-order valence-electron chi connectivity index (χ1n) is 8.15. The number of nitrogens with zero attached hydrogens (tertiary/aromatic N) is 1. The van der Waals surface area contributed by atoms with E-state index in [-0.39, 0.29) is 39.4 Å². The van der Waals surface area contributed by atoms with E-state index in [1.165, 1.54) is 30.3 Å². The van der Waals surface area contributed by atoms with Gasteiger partial charge in [0.2, 0.25) is 5.69 Å². The van der Waals surface area contributed by atoms with Crippen LogP contribution in [0.4, 0.5) is 17.1 Å². The van der Waals surface area contributed by atoms with Gasteiger partial charge in [-0.3, -0.25) is 4.79 Å². The molecule has 0 aromatic heterocycles. The molecule has 0 fully saturated rings. The van der Waals surface area contributed by atoms with Gasteiger partial charge in [-0.1, -0.05) is 17.8 Å². The number of ether oxygens (including phenoxy) is 1. The third kappa shape index (κ3) is 6.00. The lowest BCUT2D eigenvalue weighted by atomic mass is 10.1. The number of hydrogen-bond acceptors (Lipinski definition) is 8. The van der Waals surface area contributed by atoms with E-state index in [0.717, 1.165) is 11.8 Å². The third-order valence-electron chi connectivity index (χ3n) is 3.52. The minimum absolute atomic E-state index is 0.0546. The van der Waals surface area contributed by atoms with Crippen LogP contribution in [-0.2, 0) is 0 Å². The van der Waals surface area contributed by atoms with Crippen molar-refractivity contribution in [2.24, 2.45) is 10.7 Å². The lowest BCUT2D eigenvalue weighted by Crippen LogP contribution is -2.99. The Hall–Kier alpha value is -2.51. The predicted octanol–water partition coefficient (Wildman–Crippen LogP) is 0.454. The minimum Gasteiger partial charge on any atom is -0.595 e. The summed E-state index contributed by atoms with van der Waals surface area (Å²) in [4.78, 5) is 16.4. The molecule has 10 nitrogen and oxygen atoms in total. The number of carbonyl (C=O) groups excluding carboxylic acids is 1.